The maximum Gasteiger partial charge on any atom is -0.0100 e. The Bertz CT molecular complexity index is 506. The predicted molar refractivity (Wildman–Crippen MR) is 86.8 cm³/mol. The summed E-state index contributed by atoms with van der Waals surface area (Å²) < 4.78 is 0. The fourth-order valence-corrected chi connectivity index (χ4v) is 1.56. The molecule has 2 aromatic rings. The van der Waals surface area contributed by atoms with E-state index in [1.807, 2.05) is 60.7 Å². The third-order valence-electron chi connectivity index (χ3n) is 2.61. The number of allylic oxidation sites excluding steroid dienone is 2. The SMILES string of the molecule is C=CCC(=C)c1ccccc1.C=Cc1ccccc1. The maximum absolute atomic E-state index is 3.94. The topological polar surface area (TPSA) is 0 Å². The van der Waals surface area contributed by atoms with E-state index in [-0.39, 0.29) is 0 Å². The Hall–Kier alpha value is -2.34. The molecule has 2 rings (SSSR count). The van der Waals surface area contributed by atoms with Gasteiger partial charge in [0.25, 0.3) is 0 Å². The molecule has 19 heavy (non-hydrogen) atoms. The largest absolute Gasteiger partial charge is 0.103 e. The van der Waals surface area contributed by atoms with Gasteiger partial charge in [-0.1, -0.05) is 86.0 Å². The molecule has 0 N–H and O–H groups in total. The minimum absolute atomic E-state index is 0.865. The van der Waals surface area contributed by atoms with Gasteiger partial charge in [0.1, 0.15) is 0 Å². The van der Waals surface area contributed by atoms with Gasteiger partial charge < -0.3 is 0 Å². The minimum Gasteiger partial charge on any atom is -0.103 e. The highest BCUT2D eigenvalue weighted by Crippen LogP contribution is 2.14. The Kier molecular flexibility index (Phi) is 6.75. The highest BCUT2D eigenvalue weighted by Gasteiger charge is 1.92. The van der Waals surface area contributed by atoms with Gasteiger partial charge in [0.15, 0.2) is 0 Å². The zero-order valence-electron chi connectivity index (χ0n) is 11.3. The van der Waals surface area contributed by atoms with E-state index in [1.54, 1.807) is 0 Å². The summed E-state index contributed by atoms with van der Waals surface area (Å²) in [6, 6.07) is 20.2. The molecule has 0 amide bonds. The fourth-order valence-electron chi connectivity index (χ4n) is 1.56. The molecule has 0 fully saturated rings. The Labute approximate surface area is 116 Å². The Morgan fingerprint density at radius 1 is 0.842 bits per heavy atom. The molecule has 0 aromatic heterocycles. The molecule has 0 aliphatic heterocycles. The molecular weight excluding hydrogens is 228 g/mol. The summed E-state index contributed by atoms with van der Waals surface area (Å²) in [5.74, 6) is 0. The molecule has 0 bridgehead atoms. The molecule has 0 heterocycles. The van der Waals surface area contributed by atoms with Crippen molar-refractivity contribution in [2.45, 2.75) is 6.42 Å². The van der Waals surface area contributed by atoms with Crippen molar-refractivity contribution in [3.05, 3.63) is 97.6 Å². The molecule has 0 aliphatic carbocycles. The zero-order valence-corrected chi connectivity index (χ0v) is 11.3. The van der Waals surface area contributed by atoms with Crippen molar-refractivity contribution in [3.63, 3.8) is 0 Å². The molecular formula is C19H20. The lowest BCUT2D eigenvalue weighted by Gasteiger charge is -2.00. The van der Waals surface area contributed by atoms with Gasteiger partial charge in [-0.05, 0) is 23.1 Å². The third-order valence-corrected chi connectivity index (χ3v) is 2.61. The first-order valence-corrected chi connectivity index (χ1v) is 6.29. The van der Waals surface area contributed by atoms with Gasteiger partial charge in [0, 0.05) is 0 Å². The van der Waals surface area contributed by atoms with Crippen LogP contribution in [0.4, 0.5) is 0 Å². The van der Waals surface area contributed by atoms with E-state index in [9.17, 15) is 0 Å². The molecule has 0 atom stereocenters. The van der Waals surface area contributed by atoms with Gasteiger partial charge in [-0.15, -0.1) is 6.58 Å². The van der Waals surface area contributed by atoms with Crippen LogP contribution in [0.1, 0.15) is 17.5 Å². The molecule has 0 heteroatoms. The molecule has 0 saturated heterocycles. The van der Waals surface area contributed by atoms with Crippen molar-refractivity contribution >= 4 is 11.6 Å². The van der Waals surface area contributed by atoms with Crippen molar-refractivity contribution in [3.8, 4) is 0 Å². The first-order valence-electron chi connectivity index (χ1n) is 6.29. The van der Waals surface area contributed by atoms with E-state index in [2.05, 4.69) is 31.9 Å². The summed E-state index contributed by atoms with van der Waals surface area (Å²) in [6.07, 6.45) is 4.57. The smallest absolute Gasteiger partial charge is 0.0100 e. The van der Waals surface area contributed by atoms with E-state index in [0.717, 1.165) is 12.0 Å². The fraction of sp³-hybridized carbons (Fsp3) is 0.0526. The number of hydrogen-bond donors (Lipinski definition) is 0. The van der Waals surface area contributed by atoms with Crippen molar-refractivity contribution in [1.29, 1.82) is 0 Å². The molecule has 0 nitrogen and oxygen atoms in total. The maximum atomic E-state index is 3.94. The van der Waals surface area contributed by atoms with Gasteiger partial charge >= 0.3 is 0 Å². The summed E-state index contributed by atoms with van der Waals surface area (Å²) >= 11 is 0. The van der Waals surface area contributed by atoms with Crippen LogP contribution >= 0.6 is 0 Å². The van der Waals surface area contributed by atoms with Crippen molar-refractivity contribution in [2.24, 2.45) is 0 Å². The van der Waals surface area contributed by atoms with E-state index in [0.29, 0.717) is 0 Å². The monoisotopic (exact) mass is 248 g/mol. The number of benzene rings is 2. The Balaban J connectivity index is 0.000000200. The average molecular weight is 248 g/mol. The number of hydrogen-bond acceptors (Lipinski definition) is 0. The minimum atomic E-state index is 0.865. The zero-order chi connectivity index (χ0) is 13.9. The molecule has 0 saturated carbocycles. The number of rotatable bonds is 4. The van der Waals surface area contributed by atoms with E-state index >= 15 is 0 Å². The van der Waals surface area contributed by atoms with E-state index in [1.165, 1.54) is 11.1 Å². The summed E-state index contributed by atoms with van der Waals surface area (Å²) in [6.45, 7) is 11.2. The van der Waals surface area contributed by atoms with Gasteiger partial charge in [-0.2, -0.15) is 0 Å². The molecule has 2 aromatic carbocycles. The van der Waals surface area contributed by atoms with Crippen LogP contribution in [0.15, 0.2) is 86.5 Å². The van der Waals surface area contributed by atoms with Crippen LogP contribution < -0.4 is 0 Å². The van der Waals surface area contributed by atoms with Crippen LogP contribution in [-0.4, -0.2) is 0 Å². The Morgan fingerprint density at radius 3 is 1.79 bits per heavy atom. The normalized spacial score (nSPS) is 8.84. The second-order valence-corrected chi connectivity index (χ2v) is 4.08. The van der Waals surface area contributed by atoms with Gasteiger partial charge in [0.2, 0.25) is 0 Å². The molecule has 0 radical (unpaired) electrons. The first kappa shape index (κ1) is 14.7. The standard InChI is InChI=1S/C11H12.C8H8/c1-3-7-10(2)11-8-5-4-6-9-11;1-2-8-6-4-3-5-7-8/h3-6,8-9H,1-2,7H2;2-7H,1H2. The van der Waals surface area contributed by atoms with Crippen LogP contribution in [0.3, 0.4) is 0 Å². The van der Waals surface area contributed by atoms with Crippen molar-refractivity contribution < 1.29 is 0 Å². The summed E-state index contributed by atoms with van der Waals surface area (Å²) in [5, 5.41) is 0. The molecule has 0 spiro atoms. The third kappa shape index (κ3) is 5.69. The summed E-state index contributed by atoms with van der Waals surface area (Å²) in [5.41, 5.74) is 3.50. The quantitative estimate of drug-likeness (QED) is 0.617. The summed E-state index contributed by atoms with van der Waals surface area (Å²) in [4.78, 5) is 0. The average Bonchev–Trinajstić information content (AvgIpc) is 2.50. The molecule has 96 valence electrons. The Morgan fingerprint density at radius 2 is 1.37 bits per heavy atom. The predicted octanol–water partition coefficient (Wildman–Crippen LogP) is 5.61. The summed E-state index contributed by atoms with van der Waals surface area (Å²) in [7, 11) is 0. The van der Waals surface area contributed by atoms with Gasteiger partial charge in [-0.3, -0.25) is 0 Å². The van der Waals surface area contributed by atoms with Crippen molar-refractivity contribution in [2.75, 3.05) is 0 Å². The lowest BCUT2D eigenvalue weighted by Crippen LogP contribution is -1.78. The van der Waals surface area contributed by atoms with Crippen LogP contribution in [0.25, 0.3) is 11.6 Å². The van der Waals surface area contributed by atoms with Gasteiger partial charge in [-0.25, -0.2) is 0 Å². The first-order chi connectivity index (χ1) is 9.27. The van der Waals surface area contributed by atoms with Crippen molar-refractivity contribution in [1.82, 2.24) is 0 Å². The van der Waals surface area contributed by atoms with Crippen LogP contribution in [0.5, 0.6) is 0 Å². The lowest BCUT2D eigenvalue weighted by molar-refractivity contribution is 1.41. The van der Waals surface area contributed by atoms with E-state index < -0.39 is 0 Å². The lowest BCUT2D eigenvalue weighted by atomic mass is 10.1. The van der Waals surface area contributed by atoms with Crippen LogP contribution in [-0.2, 0) is 0 Å². The second kappa shape index (κ2) is 8.71. The highest BCUT2D eigenvalue weighted by atomic mass is 14.0. The molecule has 0 unspecified atom stereocenters. The van der Waals surface area contributed by atoms with E-state index in [4.69, 9.17) is 0 Å². The highest BCUT2D eigenvalue weighted by molar-refractivity contribution is 5.64. The van der Waals surface area contributed by atoms with Crippen LogP contribution in [0, 0.1) is 0 Å². The van der Waals surface area contributed by atoms with Crippen LogP contribution in [0.2, 0.25) is 0 Å². The van der Waals surface area contributed by atoms with Gasteiger partial charge in [0.05, 0.1) is 0 Å². The molecule has 0 aliphatic rings. The second-order valence-electron chi connectivity index (χ2n) is 4.08.